The highest BCUT2D eigenvalue weighted by Crippen LogP contribution is 2.33. The standard InChI is InChI=1S/C16H15BrF3N/c1-11(7-12-5-3-2-4-6-12)21-15-9-13(16(18,19)20)8-14(17)10-15/h2-6,8-11,21H,7H2,1H3. The Morgan fingerprint density at radius 1 is 1.10 bits per heavy atom. The molecule has 0 aliphatic heterocycles. The summed E-state index contributed by atoms with van der Waals surface area (Å²) < 4.78 is 38.8. The van der Waals surface area contributed by atoms with E-state index >= 15 is 0 Å². The minimum Gasteiger partial charge on any atom is -0.382 e. The Bertz CT molecular complexity index is 596. The number of rotatable bonds is 4. The van der Waals surface area contributed by atoms with Gasteiger partial charge >= 0.3 is 6.18 Å². The molecule has 2 aromatic carbocycles. The van der Waals surface area contributed by atoms with Crippen LogP contribution in [0.3, 0.4) is 0 Å². The number of nitrogens with one attached hydrogen (secondary N) is 1. The third-order valence-corrected chi connectivity index (χ3v) is 3.48. The van der Waals surface area contributed by atoms with E-state index in [1.54, 1.807) is 6.07 Å². The molecular formula is C16H15BrF3N. The van der Waals surface area contributed by atoms with Crippen molar-refractivity contribution in [3.63, 3.8) is 0 Å². The molecule has 0 bridgehead atoms. The summed E-state index contributed by atoms with van der Waals surface area (Å²) in [6.07, 6.45) is -3.60. The third-order valence-electron chi connectivity index (χ3n) is 3.02. The molecule has 0 heterocycles. The maximum Gasteiger partial charge on any atom is 0.416 e. The second-order valence-electron chi connectivity index (χ2n) is 4.96. The van der Waals surface area contributed by atoms with E-state index in [2.05, 4.69) is 21.2 Å². The summed E-state index contributed by atoms with van der Waals surface area (Å²) >= 11 is 3.12. The predicted octanol–water partition coefficient (Wildman–Crippen LogP) is 5.51. The van der Waals surface area contributed by atoms with Crippen molar-refractivity contribution in [2.75, 3.05) is 5.32 Å². The van der Waals surface area contributed by atoms with E-state index < -0.39 is 11.7 Å². The molecule has 0 fully saturated rings. The fourth-order valence-electron chi connectivity index (χ4n) is 2.14. The zero-order valence-corrected chi connectivity index (χ0v) is 13.0. The van der Waals surface area contributed by atoms with Crippen LogP contribution in [0.15, 0.2) is 53.0 Å². The van der Waals surface area contributed by atoms with Gasteiger partial charge in [-0.15, -0.1) is 0 Å². The SMILES string of the molecule is CC(Cc1ccccc1)Nc1cc(Br)cc(C(F)(F)F)c1. The second kappa shape index (κ2) is 6.52. The van der Waals surface area contributed by atoms with Crippen LogP contribution in [0.4, 0.5) is 18.9 Å². The number of anilines is 1. The normalized spacial score (nSPS) is 13.0. The van der Waals surface area contributed by atoms with Crippen molar-refractivity contribution in [3.05, 3.63) is 64.1 Å². The van der Waals surface area contributed by atoms with Gasteiger partial charge in [-0.3, -0.25) is 0 Å². The van der Waals surface area contributed by atoms with Gasteiger partial charge in [0, 0.05) is 16.2 Å². The first-order valence-corrected chi connectivity index (χ1v) is 7.32. The van der Waals surface area contributed by atoms with Gasteiger partial charge in [-0.05, 0) is 37.1 Å². The fraction of sp³-hybridized carbons (Fsp3) is 0.250. The van der Waals surface area contributed by atoms with Crippen LogP contribution < -0.4 is 5.32 Å². The number of hydrogen-bond acceptors (Lipinski definition) is 1. The molecule has 21 heavy (non-hydrogen) atoms. The van der Waals surface area contributed by atoms with Gasteiger partial charge in [-0.25, -0.2) is 0 Å². The summed E-state index contributed by atoms with van der Waals surface area (Å²) in [7, 11) is 0. The Kier molecular flexibility index (Phi) is 4.93. The molecule has 0 aromatic heterocycles. The van der Waals surface area contributed by atoms with Gasteiger partial charge in [0.1, 0.15) is 0 Å². The minimum absolute atomic E-state index is 0.0304. The van der Waals surface area contributed by atoms with Crippen LogP contribution in [-0.2, 0) is 12.6 Å². The molecule has 1 N–H and O–H groups in total. The molecule has 0 amide bonds. The Hall–Kier alpha value is -1.49. The quantitative estimate of drug-likeness (QED) is 0.760. The summed E-state index contributed by atoms with van der Waals surface area (Å²) in [6, 6.07) is 13.7. The molecule has 0 aliphatic rings. The van der Waals surface area contributed by atoms with Crippen molar-refractivity contribution in [2.24, 2.45) is 0 Å². The van der Waals surface area contributed by atoms with Crippen molar-refractivity contribution in [2.45, 2.75) is 25.6 Å². The summed E-state index contributed by atoms with van der Waals surface area (Å²) in [5, 5.41) is 3.11. The summed E-state index contributed by atoms with van der Waals surface area (Å²) in [6.45, 7) is 1.95. The number of hydrogen-bond donors (Lipinski definition) is 1. The summed E-state index contributed by atoms with van der Waals surface area (Å²) in [5.41, 5.74) is 0.940. The summed E-state index contributed by atoms with van der Waals surface area (Å²) in [5.74, 6) is 0. The number of halogens is 4. The monoisotopic (exact) mass is 357 g/mol. The van der Waals surface area contributed by atoms with E-state index in [1.165, 1.54) is 0 Å². The maximum absolute atomic E-state index is 12.8. The highest BCUT2D eigenvalue weighted by atomic mass is 79.9. The molecule has 5 heteroatoms. The average Bonchev–Trinajstić information content (AvgIpc) is 2.37. The van der Waals surface area contributed by atoms with E-state index in [0.29, 0.717) is 10.2 Å². The fourth-order valence-corrected chi connectivity index (χ4v) is 2.63. The van der Waals surface area contributed by atoms with E-state index in [0.717, 1.165) is 24.1 Å². The summed E-state index contributed by atoms with van der Waals surface area (Å²) in [4.78, 5) is 0. The van der Waals surface area contributed by atoms with Crippen LogP contribution in [0.25, 0.3) is 0 Å². The first-order chi connectivity index (χ1) is 9.84. The smallest absolute Gasteiger partial charge is 0.382 e. The topological polar surface area (TPSA) is 12.0 Å². The predicted molar refractivity (Wildman–Crippen MR) is 82.4 cm³/mol. The first kappa shape index (κ1) is 15.9. The zero-order chi connectivity index (χ0) is 15.5. The lowest BCUT2D eigenvalue weighted by molar-refractivity contribution is -0.137. The molecule has 2 rings (SSSR count). The Balaban J connectivity index is 2.10. The van der Waals surface area contributed by atoms with Gasteiger partial charge in [0.25, 0.3) is 0 Å². The van der Waals surface area contributed by atoms with Crippen molar-refractivity contribution in [3.8, 4) is 0 Å². The second-order valence-corrected chi connectivity index (χ2v) is 5.88. The van der Waals surface area contributed by atoms with Crippen LogP contribution in [0, 0.1) is 0 Å². The molecule has 0 saturated carbocycles. The van der Waals surface area contributed by atoms with Crippen LogP contribution in [0.5, 0.6) is 0 Å². The molecular weight excluding hydrogens is 343 g/mol. The highest BCUT2D eigenvalue weighted by Gasteiger charge is 2.31. The molecule has 1 unspecified atom stereocenters. The molecule has 2 aromatic rings. The Morgan fingerprint density at radius 3 is 2.38 bits per heavy atom. The van der Waals surface area contributed by atoms with Gasteiger partial charge in [-0.2, -0.15) is 13.2 Å². The van der Waals surface area contributed by atoms with Crippen LogP contribution in [0.2, 0.25) is 0 Å². The Morgan fingerprint density at radius 2 is 1.76 bits per heavy atom. The molecule has 0 saturated heterocycles. The van der Waals surface area contributed by atoms with E-state index in [4.69, 9.17) is 0 Å². The van der Waals surface area contributed by atoms with Crippen molar-refractivity contribution in [1.29, 1.82) is 0 Å². The molecule has 112 valence electrons. The maximum atomic E-state index is 12.8. The highest BCUT2D eigenvalue weighted by molar-refractivity contribution is 9.10. The molecule has 0 radical (unpaired) electrons. The van der Waals surface area contributed by atoms with E-state index in [9.17, 15) is 13.2 Å². The van der Waals surface area contributed by atoms with E-state index in [1.807, 2.05) is 37.3 Å². The lowest BCUT2D eigenvalue weighted by atomic mass is 10.1. The largest absolute Gasteiger partial charge is 0.416 e. The lowest BCUT2D eigenvalue weighted by Crippen LogP contribution is -2.18. The average molecular weight is 358 g/mol. The molecule has 1 nitrogen and oxygen atoms in total. The van der Waals surface area contributed by atoms with Gasteiger partial charge in [0.05, 0.1) is 5.56 Å². The van der Waals surface area contributed by atoms with Gasteiger partial charge in [0.2, 0.25) is 0 Å². The Labute approximate surface area is 130 Å². The lowest BCUT2D eigenvalue weighted by Gasteiger charge is -2.17. The van der Waals surface area contributed by atoms with Crippen LogP contribution in [0.1, 0.15) is 18.1 Å². The number of alkyl halides is 3. The van der Waals surface area contributed by atoms with Crippen LogP contribution >= 0.6 is 15.9 Å². The van der Waals surface area contributed by atoms with E-state index in [-0.39, 0.29) is 6.04 Å². The van der Waals surface area contributed by atoms with Crippen molar-refractivity contribution >= 4 is 21.6 Å². The van der Waals surface area contributed by atoms with Crippen molar-refractivity contribution in [1.82, 2.24) is 0 Å². The molecule has 0 spiro atoms. The minimum atomic E-state index is -4.34. The zero-order valence-electron chi connectivity index (χ0n) is 11.4. The third kappa shape index (κ3) is 4.77. The van der Waals surface area contributed by atoms with Gasteiger partial charge < -0.3 is 5.32 Å². The van der Waals surface area contributed by atoms with Crippen molar-refractivity contribution < 1.29 is 13.2 Å². The molecule has 0 aliphatic carbocycles. The van der Waals surface area contributed by atoms with Gasteiger partial charge in [0.15, 0.2) is 0 Å². The first-order valence-electron chi connectivity index (χ1n) is 6.53. The van der Waals surface area contributed by atoms with Crippen LogP contribution in [-0.4, -0.2) is 6.04 Å². The van der Waals surface area contributed by atoms with Gasteiger partial charge in [-0.1, -0.05) is 46.3 Å². The molecule has 1 atom stereocenters. The number of benzene rings is 2.